The van der Waals surface area contributed by atoms with Crippen LogP contribution in [0.1, 0.15) is 30.9 Å². The molecule has 3 aromatic rings. The molecule has 2 aromatic carbocycles. The Morgan fingerprint density at radius 1 is 1.11 bits per heavy atom. The van der Waals surface area contributed by atoms with E-state index in [0.717, 1.165) is 46.8 Å². The zero-order valence-corrected chi connectivity index (χ0v) is 22.3. The molecule has 1 aromatic heterocycles. The van der Waals surface area contributed by atoms with E-state index >= 15 is 0 Å². The normalized spacial score (nSPS) is 17.9. The molecule has 1 aliphatic carbocycles. The molecule has 0 radical (unpaired) electrons. The zero-order chi connectivity index (χ0) is 27.0. The minimum Gasteiger partial charge on any atom is -0.598 e. The predicted molar refractivity (Wildman–Crippen MR) is 144 cm³/mol. The molecule has 5 rings (SSSR count). The molecule has 202 valence electrons. The second kappa shape index (κ2) is 10.5. The third-order valence-corrected chi connectivity index (χ3v) is 8.62. The van der Waals surface area contributed by atoms with Crippen molar-refractivity contribution in [2.75, 3.05) is 43.4 Å². The Morgan fingerprint density at radius 3 is 2.45 bits per heavy atom. The molecule has 0 bridgehead atoms. The molecule has 1 aliphatic heterocycles. The average Bonchev–Trinajstić information content (AvgIpc) is 3.62. The van der Waals surface area contributed by atoms with E-state index in [0.29, 0.717) is 49.9 Å². The first-order valence-corrected chi connectivity index (χ1v) is 13.8. The van der Waals surface area contributed by atoms with E-state index in [2.05, 4.69) is 12.0 Å². The maximum absolute atomic E-state index is 13.9. The first-order valence-electron chi connectivity index (χ1n) is 12.6. The van der Waals surface area contributed by atoms with E-state index in [9.17, 15) is 18.1 Å². The number of nitrogens with two attached hydrogens (primary N) is 1. The summed E-state index contributed by atoms with van der Waals surface area (Å²) in [5.74, 6) is -1.17. The summed E-state index contributed by atoms with van der Waals surface area (Å²) in [7, 11) is 0. The van der Waals surface area contributed by atoms with Gasteiger partial charge in [-0.25, -0.2) is 8.78 Å². The van der Waals surface area contributed by atoms with Crippen molar-refractivity contribution in [2.24, 2.45) is 5.41 Å². The summed E-state index contributed by atoms with van der Waals surface area (Å²) in [6.45, 7) is 6.44. The number of aryl methyl sites for hydroxylation is 1. The maximum Gasteiger partial charge on any atom is 0.316 e. The molecule has 2 heterocycles. The van der Waals surface area contributed by atoms with Crippen molar-refractivity contribution >= 4 is 22.7 Å². The quantitative estimate of drug-likeness (QED) is 0.343. The number of hydrogen-bond acceptors (Lipinski definition) is 7. The molecule has 1 atom stereocenters. The summed E-state index contributed by atoms with van der Waals surface area (Å²) < 4.78 is 49.7. The molecule has 1 saturated carbocycles. The van der Waals surface area contributed by atoms with Crippen molar-refractivity contribution in [3.05, 3.63) is 75.7 Å². The van der Waals surface area contributed by atoms with Crippen LogP contribution in [-0.4, -0.2) is 51.4 Å². The van der Waals surface area contributed by atoms with Gasteiger partial charge in [-0.3, -0.25) is 4.79 Å². The number of rotatable bonds is 8. The fourth-order valence-corrected chi connectivity index (χ4v) is 5.73. The number of aromatic nitrogens is 2. The number of benzene rings is 2. The molecular formula is C27H31F2N5O3S. The van der Waals surface area contributed by atoms with Crippen LogP contribution < -0.4 is 20.9 Å². The maximum atomic E-state index is 13.9. The van der Waals surface area contributed by atoms with Crippen LogP contribution >= 0.6 is 0 Å². The minimum absolute atomic E-state index is 0.00993. The van der Waals surface area contributed by atoms with Crippen molar-refractivity contribution in [1.29, 1.82) is 0 Å². The smallest absolute Gasteiger partial charge is 0.316 e. The molecule has 11 heteroatoms. The van der Waals surface area contributed by atoms with Gasteiger partial charge >= 0.3 is 5.56 Å². The largest absolute Gasteiger partial charge is 0.598 e. The van der Waals surface area contributed by atoms with Crippen LogP contribution in [0.15, 0.2) is 47.4 Å². The molecule has 0 spiro atoms. The molecule has 2 N–H and O–H groups in total. The van der Waals surface area contributed by atoms with Gasteiger partial charge in [-0.05, 0) is 44.0 Å². The van der Waals surface area contributed by atoms with Gasteiger partial charge in [0.25, 0.3) is 0 Å². The lowest BCUT2D eigenvalue weighted by molar-refractivity contribution is 0.242. The van der Waals surface area contributed by atoms with Gasteiger partial charge in [0.15, 0.2) is 5.75 Å². The van der Waals surface area contributed by atoms with Crippen molar-refractivity contribution in [2.45, 2.75) is 32.4 Å². The third-order valence-electron chi connectivity index (χ3n) is 7.12. The second-order valence-corrected chi connectivity index (χ2v) is 11.8. The molecule has 2 aliphatic rings. The summed E-state index contributed by atoms with van der Waals surface area (Å²) in [5, 5.41) is 4.22. The van der Waals surface area contributed by atoms with Gasteiger partial charge in [0.05, 0.1) is 31.6 Å². The number of anilines is 2. The van der Waals surface area contributed by atoms with Crippen molar-refractivity contribution < 1.29 is 18.1 Å². The Hall–Kier alpha value is -3.15. The van der Waals surface area contributed by atoms with Gasteiger partial charge in [0.1, 0.15) is 17.3 Å². The van der Waals surface area contributed by atoms with E-state index in [1.807, 2.05) is 34.3 Å². The van der Waals surface area contributed by atoms with Crippen LogP contribution in [-0.2, 0) is 17.1 Å². The van der Waals surface area contributed by atoms with Gasteiger partial charge < -0.3 is 19.9 Å². The fraction of sp³-hybridized carbons (Fsp3) is 0.407. The third kappa shape index (κ3) is 5.79. The summed E-state index contributed by atoms with van der Waals surface area (Å²) in [5.41, 5.74) is 8.54. The van der Waals surface area contributed by atoms with E-state index in [-0.39, 0.29) is 16.9 Å². The van der Waals surface area contributed by atoms with Gasteiger partial charge in [0, 0.05) is 47.2 Å². The molecule has 1 unspecified atom stereocenters. The summed E-state index contributed by atoms with van der Waals surface area (Å²) in [6.07, 6.45) is 3.51. The van der Waals surface area contributed by atoms with Gasteiger partial charge in [-0.1, -0.05) is 18.6 Å². The number of ether oxygens (including phenoxy) is 1. The van der Waals surface area contributed by atoms with Crippen LogP contribution in [0, 0.1) is 24.0 Å². The monoisotopic (exact) mass is 543 g/mol. The van der Waals surface area contributed by atoms with Crippen molar-refractivity contribution in [3.63, 3.8) is 0 Å². The van der Waals surface area contributed by atoms with Crippen LogP contribution in [0.3, 0.4) is 0 Å². The molecule has 0 amide bonds. The fourth-order valence-electron chi connectivity index (χ4n) is 4.46. The van der Waals surface area contributed by atoms with Gasteiger partial charge in [0.2, 0.25) is 5.75 Å². The number of nitrogen functional groups attached to an aromatic ring is 1. The Bertz CT molecular complexity index is 1370. The lowest BCUT2D eigenvalue weighted by Crippen LogP contribution is -2.49. The molecule has 38 heavy (non-hydrogen) atoms. The molecule has 1 saturated heterocycles. The predicted octanol–water partition coefficient (Wildman–Crippen LogP) is 3.57. The Labute approximate surface area is 223 Å². The highest BCUT2D eigenvalue weighted by molar-refractivity contribution is 7.88. The summed E-state index contributed by atoms with van der Waals surface area (Å²) in [6, 6.07) is 8.56. The summed E-state index contributed by atoms with van der Waals surface area (Å²) >= 11 is -1.25. The highest BCUT2D eigenvalue weighted by Crippen LogP contribution is 2.45. The Balaban J connectivity index is 1.35. The summed E-state index contributed by atoms with van der Waals surface area (Å²) in [4.78, 5) is 15.4. The van der Waals surface area contributed by atoms with Crippen LogP contribution in [0.2, 0.25) is 0 Å². The minimum atomic E-state index is -1.25. The van der Waals surface area contributed by atoms with E-state index in [4.69, 9.17) is 10.5 Å². The topological polar surface area (TPSA) is 99.7 Å². The number of piperazine rings is 1. The number of nitrogens with zero attached hydrogens (tertiary/aromatic N) is 4. The van der Waals surface area contributed by atoms with Gasteiger partial charge in [-0.2, -0.15) is 9.78 Å². The van der Waals surface area contributed by atoms with Crippen LogP contribution in [0.4, 0.5) is 20.2 Å². The van der Waals surface area contributed by atoms with Gasteiger partial charge in [-0.15, -0.1) is 4.31 Å². The molecule has 8 nitrogen and oxygen atoms in total. The average molecular weight is 544 g/mol. The van der Waals surface area contributed by atoms with E-state index in [1.165, 1.54) is 6.20 Å². The van der Waals surface area contributed by atoms with Crippen molar-refractivity contribution in [3.8, 4) is 11.4 Å². The lowest BCUT2D eigenvalue weighted by atomic mass is 10.1. The second-order valence-electron chi connectivity index (χ2n) is 10.4. The van der Waals surface area contributed by atoms with Crippen LogP contribution in [0.5, 0.6) is 5.75 Å². The Kier molecular flexibility index (Phi) is 7.34. The highest BCUT2D eigenvalue weighted by Gasteiger charge is 2.39. The SMILES string of the molecule is Cc1ccc(N)c(C[S+]([O-])N2CCN(c3cnn(-c4cc(F)cc(F)c4)c(=O)c3OCC3(C)CC3)CC2)c1. The highest BCUT2D eigenvalue weighted by atomic mass is 32.2. The first kappa shape index (κ1) is 26.5. The zero-order valence-electron chi connectivity index (χ0n) is 21.5. The Morgan fingerprint density at radius 2 is 1.79 bits per heavy atom. The molecule has 2 fully saturated rings. The van der Waals surface area contributed by atoms with Crippen molar-refractivity contribution in [1.82, 2.24) is 14.1 Å². The molecular weight excluding hydrogens is 512 g/mol. The number of hydrogen-bond donors (Lipinski definition) is 1. The van der Waals surface area contributed by atoms with E-state index in [1.54, 1.807) is 0 Å². The first-order chi connectivity index (χ1) is 18.1. The number of halogens is 2. The van der Waals surface area contributed by atoms with E-state index < -0.39 is 28.6 Å². The lowest BCUT2D eigenvalue weighted by Gasteiger charge is -2.36. The van der Waals surface area contributed by atoms with Crippen LogP contribution in [0.25, 0.3) is 5.69 Å². The standard InChI is InChI=1S/C27H31F2N5O3S/c1-18-3-4-23(30)19(11-18)16-38(36)33-9-7-32(8-10-33)24-15-31-34(22-13-20(28)12-21(29)14-22)26(35)25(24)37-17-27(2)5-6-27/h3-4,11-15H,5-10,16-17,30H2,1-2H3.